The summed E-state index contributed by atoms with van der Waals surface area (Å²) in [6.07, 6.45) is 3.79. The molecule has 0 heterocycles. The lowest BCUT2D eigenvalue weighted by atomic mass is 10.1. The van der Waals surface area contributed by atoms with Crippen molar-refractivity contribution in [3.8, 4) is 11.5 Å². The maximum Gasteiger partial charge on any atom is 0.119 e. The summed E-state index contributed by atoms with van der Waals surface area (Å²) in [7, 11) is 0. The molecule has 0 aliphatic carbocycles. The fourth-order valence-electron chi connectivity index (χ4n) is 1.58. The Hall–Kier alpha value is -2.22. The van der Waals surface area contributed by atoms with E-state index in [0.717, 1.165) is 11.1 Å². The van der Waals surface area contributed by atoms with Crippen LogP contribution in [0.1, 0.15) is 16.7 Å². The molecule has 0 amide bonds. The van der Waals surface area contributed by atoms with Crippen molar-refractivity contribution in [2.45, 2.75) is 6.92 Å². The van der Waals surface area contributed by atoms with E-state index in [0.29, 0.717) is 0 Å². The van der Waals surface area contributed by atoms with Crippen molar-refractivity contribution in [3.05, 3.63) is 59.2 Å². The van der Waals surface area contributed by atoms with E-state index in [-0.39, 0.29) is 11.5 Å². The molecule has 0 unspecified atom stereocenters. The van der Waals surface area contributed by atoms with E-state index >= 15 is 0 Å². The zero-order valence-electron chi connectivity index (χ0n) is 9.59. The van der Waals surface area contributed by atoms with E-state index in [9.17, 15) is 10.2 Å². The molecule has 0 saturated carbocycles. The topological polar surface area (TPSA) is 40.5 Å². The molecule has 2 nitrogen and oxygen atoms in total. The van der Waals surface area contributed by atoms with Gasteiger partial charge in [0.15, 0.2) is 0 Å². The number of hydrogen-bond donors (Lipinski definition) is 2. The van der Waals surface area contributed by atoms with Crippen LogP contribution in [0.2, 0.25) is 0 Å². The van der Waals surface area contributed by atoms with Gasteiger partial charge >= 0.3 is 0 Å². The summed E-state index contributed by atoms with van der Waals surface area (Å²) in [6, 6.07) is 12.6. The Morgan fingerprint density at radius 2 is 1.29 bits per heavy atom. The second-order valence-electron chi connectivity index (χ2n) is 4.03. The van der Waals surface area contributed by atoms with Crippen LogP contribution >= 0.6 is 0 Å². The molecule has 2 aromatic carbocycles. The van der Waals surface area contributed by atoms with Gasteiger partial charge < -0.3 is 10.2 Å². The highest BCUT2D eigenvalue weighted by Gasteiger charge is 1.95. The van der Waals surface area contributed by atoms with Crippen LogP contribution in [0.15, 0.2) is 42.5 Å². The Balaban J connectivity index is 2.22. The summed E-state index contributed by atoms with van der Waals surface area (Å²) in [4.78, 5) is 0. The van der Waals surface area contributed by atoms with Gasteiger partial charge in [-0.3, -0.25) is 0 Å². The molecule has 0 saturated heterocycles. The largest absolute Gasteiger partial charge is 0.508 e. The zero-order chi connectivity index (χ0) is 12.3. The Kier molecular flexibility index (Phi) is 3.15. The molecule has 2 N–H and O–H groups in total. The van der Waals surface area contributed by atoms with Gasteiger partial charge in [-0.1, -0.05) is 42.0 Å². The van der Waals surface area contributed by atoms with Crippen LogP contribution < -0.4 is 0 Å². The summed E-state index contributed by atoms with van der Waals surface area (Å²) in [5.41, 5.74) is 3.07. The van der Waals surface area contributed by atoms with Crippen LogP contribution in [0.25, 0.3) is 12.2 Å². The van der Waals surface area contributed by atoms with E-state index in [1.807, 2.05) is 43.3 Å². The van der Waals surface area contributed by atoms with Gasteiger partial charge in [-0.25, -0.2) is 0 Å². The number of benzene rings is 2. The molecule has 2 aromatic rings. The predicted molar refractivity (Wildman–Crippen MR) is 69.9 cm³/mol. The second kappa shape index (κ2) is 4.74. The molecule has 0 aliphatic rings. The van der Waals surface area contributed by atoms with E-state index in [1.54, 1.807) is 12.1 Å². The third-order valence-electron chi connectivity index (χ3n) is 2.47. The molecule has 0 radical (unpaired) electrons. The molecule has 0 fully saturated rings. The lowest BCUT2D eigenvalue weighted by molar-refractivity contribution is 0.450. The van der Waals surface area contributed by atoms with Gasteiger partial charge in [0.2, 0.25) is 0 Å². The molecule has 0 aliphatic heterocycles. The SMILES string of the molecule is Cc1ccc(/C=C/c2cc(O)cc(O)c2)cc1. The first-order chi connectivity index (χ1) is 8.13. The van der Waals surface area contributed by atoms with Gasteiger partial charge in [0, 0.05) is 6.07 Å². The van der Waals surface area contributed by atoms with Gasteiger partial charge in [-0.15, -0.1) is 0 Å². The fourth-order valence-corrected chi connectivity index (χ4v) is 1.58. The first-order valence-electron chi connectivity index (χ1n) is 5.41. The maximum absolute atomic E-state index is 9.33. The summed E-state index contributed by atoms with van der Waals surface area (Å²) in [5, 5.41) is 18.7. The summed E-state index contributed by atoms with van der Waals surface area (Å²) >= 11 is 0. The highest BCUT2D eigenvalue weighted by atomic mass is 16.3. The zero-order valence-corrected chi connectivity index (χ0v) is 9.59. The minimum Gasteiger partial charge on any atom is -0.508 e. The Morgan fingerprint density at radius 1 is 0.765 bits per heavy atom. The van der Waals surface area contributed by atoms with Gasteiger partial charge in [-0.2, -0.15) is 0 Å². The van der Waals surface area contributed by atoms with Crippen LogP contribution in [0.5, 0.6) is 11.5 Å². The predicted octanol–water partition coefficient (Wildman–Crippen LogP) is 3.58. The van der Waals surface area contributed by atoms with E-state index in [1.165, 1.54) is 11.6 Å². The quantitative estimate of drug-likeness (QED) is 0.768. The molecule has 0 spiro atoms. The number of phenolic OH excluding ortho intramolecular Hbond substituents is 2. The third kappa shape index (κ3) is 3.11. The van der Waals surface area contributed by atoms with Crippen LogP contribution in [-0.2, 0) is 0 Å². The van der Waals surface area contributed by atoms with E-state index < -0.39 is 0 Å². The minimum absolute atomic E-state index is 0.0635. The number of hydrogen-bond acceptors (Lipinski definition) is 2. The van der Waals surface area contributed by atoms with Crippen LogP contribution in [0.3, 0.4) is 0 Å². The van der Waals surface area contributed by atoms with E-state index in [2.05, 4.69) is 0 Å². The average molecular weight is 226 g/mol. The molecular weight excluding hydrogens is 212 g/mol. The number of rotatable bonds is 2. The van der Waals surface area contributed by atoms with E-state index in [4.69, 9.17) is 0 Å². The summed E-state index contributed by atoms with van der Waals surface area (Å²) in [5.74, 6) is 0.127. The van der Waals surface area contributed by atoms with Crippen molar-refractivity contribution in [2.24, 2.45) is 0 Å². The Morgan fingerprint density at radius 3 is 1.88 bits per heavy atom. The van der Waals surface area contributed by atoms with Crippen molar-refractivity contribution >= 4 is 12.2 Å². The average Bonchev–Trinajstić information content (AvgIpc) is 2.27. The molecule has 2 heteroatoms. The van der Waals surface area contributed by atoms with Gasteiger partial charge in [-0.05, 0) is 30.2 Å². The summed E-state index contributed by atoms with van der Waals surface area (Å²) in [6.45, 7) is 2.04. The smallest absolute Gasteiger partial charge is 0.119 e. The molecular formula is C15H14O2. The molecule has 0 bridgehead atoms. The van der Waals surface area contributed by atoms with Crippen molar-refractivity contribution in [3.63, 3.8) is 0 Å². The summed E-state index contributed by atoms with van der Waals surface area (Å²) < 4.78 is 0. The molecule has 0 atom stereocenters. The molecule has 17 heavy (non-hydrogen) atoms. The number of aryl methyl sites for hydroxylation is 1. The standard InChI is InChI=1S/C15H14O2/c1-11-2-4-12(5-3-11)6-7-13-8-14(16)10-15(17)9-13/h2-10,16-17H,1H3/b7-6+. The van der Waals surface area contributed by atoms with Crippen LogP contribution in [0, 0.1) is 6.92 Å². The van der Waals surface area contributed by atoms with Crippen LogP contribution in [-0.4, -0.2) is 10.2 Å². The third-order valence-corrected chi connectivity index (χ3v) is 2.47. The molecule has 86 valence electrons. The second-order valence-corrected chi connectivity index (χ2v) is 4.03. The first kappa shape index (κ1) is 11.3. The van der Waals surface area contributed by atoms with Gasteiger partial charge in [0.25, 0.3) is 0 Å². The Labute approximate surface area is 100 Å². The van der Waals surface area contributed by atoms with Crippen LogP contribution in [0.4, 0.5) is 0 Å². The highest BCUT2D eigenvalue weighted by Crippen LogP contribution is 2.21. The molecule has 2 rings (SSSR count). The highest BCUT2D eigenvalue weighted by molar-refractivity contribution is 5.70. The lowest BCUT2D eigenvalue weighted by Crippen LogP contribution is -1.75. The minimum atomic E-state index is 0.0635. The van der Waals surface area contributed by atoms with Crippen molar-refractivity contribution in [2.75, 3.05) is 0 Å². The number of phenols is 2. The first-order valence-corrected chi connectivity index (χ1v) is 5.41. The van der Waals surface area contributed by atoms with Crippen molar-refractivity contribution in [1.29, 1.82) is 0 Å². The molecule has 0 aromatic heterocycles. The van der Waals surface area contributed by atoms with Crippen molar-refractivity contribution in [1.82, 2.24) is 0 Å². The fraction of sp³-hybridized carbons (Fsp3) is 0.0667. The normalized spacial score (nSPS) is 10.9. The van der Waals surface area contributed by atoms with Gasteiger partial charge in [0.1, 0.15) is 11.5 Å². The maximum atomic E-state index is 9.33. The number of aromatic hydroxyl groups is 2. The monoisotopic (exact) mass is 226 g/mol. The Bertz CT molecular complexity index is 519. The van der Waals surface area contributed by atoms with Crippen molar-refractivity contribution < 1.29 is 10.2 Å². The lowest BCUT2D eigenvalue weighted by Gasteiger charge is -1.98. The van der Waals surface area contributed by atoms with Gasteiger partial charge in [0.05, 0.1) is 0 Å².